The van der Waals surface area contributed by atoms with Crippen LogP contribution in [0.3, 0.4) is 0 Å². The molecule has 3 N–H and O–H groups in total. The predicted molar refractivity (Wildman–Crippen MR) is 72.2 cm³/mol. The number of nitrogens with two attached hydrogens (primary N) is 1. The van der Waals surface area contributed by atoms with Gasteiger partial charge in [0.1, 0.15) is 0 Å². The molecule has 4 nitrogen and oxygen atoms in total. The lowest BCUT2D eigenvalue weighted by Crippen LogP contribution is -2.32. The molecule has 0 atom stereocenters. The Bertz CT molecular complexity index is 391. The number of rotatable bonds is 7. The minimum Gasteiger partial charge on any atom is -0.396 e. The van der Waals surface area contributed by atoms with E-state index in [9.17, 15) is 4.79 Å². The van der Waals surface area contributed by atoms with E-state index in [1.807, 2.05) is 18.2 Å². The zero-order chi connectivity index (χ0) is 13.5. The van der Waals surface area contributed by atoms with Crippen LogP contribution in [0.2, 0.25) is 0 Å². The first-order chi connectivity index (χ1) is 8.56. The largest absolute Gasteiger partial charge is 0.396 e. The number of hydrogen-bond acceptors (Lipinski definition) is 3. The molecule has 0 unspecified atom stereocenters. The second-order valence-electron chi connectivity index (χ2n) is 4.66. The Balaban J connectivity index is 2.83. The molecule has 1 aromatic carbocycles. The molecule has 0 saturated heterocycles. The second-order valence-corrected chi connectivity index (χ2v) is 4.66. The highest BCUT2D eigenvalue weighted by molar-refractivity contribution is 5.94. The van der Waals surface area contributed by atoms with E-state index in [-0.39, 0.29) is 6.61 Å². The first-order valence-electron chi connectivity index (χ1n) is 6.29. The van der Waals surface area contributed by atoms with Crippen LogP contribution < -0.4 is 5.73 Å². The molecule has 0 saturated carbocycles. The summed E-state index contributed by atoms with van der Waals surface area (Å²) in [5.41, 5.74) is 6.89. The van der Waals surface area contributed by atoms with E-state index >= 15 is 0 Å². The van der Waals surface area contributed by atoms with Crippen molar-refractivity contribution in [3.8, 4) is 0 Å². The number of primary amides is 1. The number of benzene rings is 1. The summed E-state index contributed by atoms with van der Waals surface area (Å²) in [6.07, 6.45) is 0.733. The number of carbonyl (C=O) groups excluding carboxylic acids is 1. The van der Waals surface area contributed by atoms with Crippen molar-refractivity contribution in [2.75, 3.05) is 13.2 Å². The van der Waals surface area contributed by atoms with Crippen LogP contribution in [-0.2, 0) is 6.54 Å². The molecule has 0 aliphatic rings. The van der Waals surface area contributed by atoms with Gasteiger partial charge in [-0.25, -0.2) is 0 Å². The van der Waals surface area contributed by atoms with Gasteiger partial charge in [-0.15, -0.1) is 0 Å². The van der Waals surface area contributed by atoms with E-state index < -0.39 is 5.91 Å². The van der Waals surface area contributed by atoms with Gasteiger partial charge in [-0.1, -0.05) is 18.2 Å². The van der Waals surface area contributed by atoms with Crippen molar-refractivity contribution in [3.63, 3.8) is 0 Å². The number of nitrogens with zero attached hydrogens (tertiary/aromatic N) is 1. The lowest BCUT2D eigenvalue weighted by atomic mass is 10.1. The smallest absolute Gasteiger partial charge is 0.249 e. The van der Waals surface area contributed by atoms with E-state index in [0.717, 1.165) is 18.5 Å². The first-order valence-corrected chi connectivity index (χ1v) is 6.29. The van der Waals surface area contributed by atoms with Crippen molar-refractivity contribution >= 4 is 5.91 Å². The van der Waals surface area contributed by atoms with Crippen molar-refractivity contribution < 1.29 is 9.90 Å². The lowest BCUT2D eigenvalue weighted by molar-refractivity contribution is 0.0997. The third kappa shape index (κ3) is 4.13. The maximum atomic E-state index is 11.4. The molecule has 0 radical (unpaired) electrons. The third-order valence-electron chi connectivity index (χ3n) is 2.99. The summed E-state index contributed by atoms with van der Waals surface area (Å²) in [4.78, 5) is 13.6. The van der Waals surface area contributed by atoms with Gasteiger partial charge in [-0.3, -0.25) is 9.69 Å². The van der Waals surface area contributed by atoms with Gasteiger partial charge < -0.3 is 10.8 Å². The normalized spacial score (nSPS) is 11.2. The molecule has 100 valence electrons. The van der Waals surface area contributed by atoms with Crippen molar-refractivity contribution in [3.05, 3.63) is 35.4 Å². The van der Waals surface area contributed by atoms with Gasteiger partial charge in [0.05, 0.1) is 0 Å². The number of aliphatic hydroxyl groups is 1. The second kappa shape index (κ2) is 7.13. The summed E-state index contributed by atoms with van der Waals surface area (Å²) in [5.74, 6) is -0.392. The summed E-state index contributed by atoms with van der Waals surface area (Å²) in [6, 6.07) is 7.76. The zero-order valence-corrected chi connectivity index (χ0v) is 11.1. The Morgan fingerprint density at radius 1 is 1.39 bits per heavy atom. The standard InChI is InChI=1S/C14H22N2O2/c1-11(2)16(8-5-9-17)10-12-6-3-4-7-13(12)14(15)18/h3-4,6-7,11,17H,5,8-10H2,1-2H3,(H2,15,18). The Kier molecular flexibility index (Phi) is 5.82. The maximum absolute atomic E-state index is 11.4. The quantitative estimate of drug-likeness (QED) is 0.768. The summed E-state index contributed by atoms with van der Waals surface area (Å²) < 4.78 is 0. The van der Waals surface area contributed by atoms with E-state index in [0.29, 0.717) is 18.2 Å². The van der Waals surface area contributed by atoms with E-state index in [1.165, 1.54) is 0 Å². The third-order valence-corrected chi connectivity index (χ3v) is 2.99. The van der Waals surface area contributed by atoms with Crippen molar-refractivity contribution in [1.82, 2.24) is 4.90 Å². The fourth-order valence-corrected chi connectivity index (χ4v) is 1.91. The van der Waals surface area contributed by atoms with Crippen LogP contribution in [0.15, 0.2) is 24.3 Å². The molecular weight excluding hydrogens is 228 g/mol. The van der Waals surface area contributed by atoms with E-state index in [1.54, 1.807) is 6.07 Å². The minimum atomic E-state index is -0.392. The monoisotopic (exact) mass is 250 g/mol. The molecule has 0 spiro atoms. The average molecular weight is 250 g/mol. The fourth-order valence-electron chi connectivity index (χ4n) is 1.91. The van der Waals surface area contributed by atoms with Gasteiger partial charge in [0, 0.05) is 31.3 Å². The molecule has 0 heterocycles. The molecule has 0 aliphatic carbocycles. The Hall–Kier alpha value is -1.39. The molecule has 1 rings (SSSR count). The molecule has 4 heteroatoms. The van der Waals surface area contributed by atoms with Gasteiger partial charge in [0.2, 0.25) is 5.91 Å². The number of hydrogen-bond donors (Lipinski definition) is 2. The minimum absolute atomic E-state index is 0.181. The molecule has 0 aromatic heterocycles. The van der Waals surface area contributed by atoms with Gasteiger partial charge in [0.25, 0.3) is 0 Å². The van der Waals surface area contributed by atoms with Gasteiger partial charge in [-0.05, 0) is 31.9 Å². The van der Waals surface area contributed by atoms with Crippen LogP contribution in [0.4, 0.5) is 0 Å². The highest BCUT2D eigenvalue weighted by Gasteiger charge is 2.13. The summed E-state index contributed by atoms with van der Waals surface area (Å²) in [7, 11) is 0. The van der Waals surface area contributed by atoms with Crippen LogP contribution in [0.5, 0.6) is 0 Å². The van der Waals surface area contributed by atoms with Crippen LogP contribution >= 0.6 is 0 Å². The lowest BCUT2D eigenvalue weighted by Gasteiger charge is -2.26. The zero-order valence-electron chi connectivity index (χ0n) is 11.1. The molecule has 18 heavy (non-hydrogen) atoms. The van der Waals surface area contributed by atoms with Gasteiger partial charge in [0.15, 0.2) is 0 Å². The van der Waals surface area contributed by atoms with Gasteiger partial charge >= 0.3 is 0 Å². The Morgan fingerprint density at radius 3 is 2.61 bits per heavy atom. The fraction of sp³-hybridized carbons (Fsp3) is 0.500. The van der Waals surface area contributed by atoms with Crippen LogP contribution in [0.25, 0.3) is 0 Å². The SMILES string of the molecule is CC(C)N(CCCO)Cc1ccccc1C(N)=O. The van der Waals surface area contributed by atoms with E-state index in [2.05, 4.69) is 18.7 Å². The molecule has 1 amide bonds. The number of carbonyl (C=O) groups is 1. The molecule has 0 aliphatic heterocycles. The van der Waals surface area contributed by atoms with Crippen molar-refractivity contribution in [1.29, 1.82) is 0 Å². The molecular formula is C14H22N2O2. The first kappa shape index (κ1) is 14.7. The molecule has 1 aromatic rings. The van der Waals surface area contributed by atoms with Gasteiger partial charge in [-0.2, -0.15) is 0 Å². The summed E-state index contributed by atoms with van der Waals surface area (Å²) >= 11 is 0. The predicted octanol–water partition coefficient (Wildman–Crippen LogP) is 1.38. The highest BCUT2D eigenvalue weighted by atomic mass is 16.3. The van der Waals surface area contributed by atoms with Crippen LogP contribution in [0.1, 0.15) is 36.2 Å². The van der Waals surface area contributed by atoms with Crippen molar-refractivity contribution in [2.24, 2.45) is 5.73 Å². The van der Waals surface area contributed by atoms with Crippen LogP contribution in [-0.4, -0.2) is 35.1 Å². The Morgan fingerprint density at radius 2 is 2.06 bits per heavy atom. The topological polar surface area (TPSA) is 66.6 Å². The number of aliphatic hydroxyl groups excluding tert-OH is 1. The maximum Gasteiger partial charge on any atom is 0.249 e. The highest BCUT2D eigenvalue weighted by Crippen LogP contribution is 2.13. The van der Waals surface area contributed by atoms with Crippen molar-refractivity contribution in [2.45, 2.75) is 32.9 Å². The molecule has 0 fully saturated rings. The summed E-state index contributed by atoms with van der Waals surface area (Å²) in [5, 5.41) is 8.91. The number of amides is 1. The Labute approximate surface area is 108 Å². The average Bonchev–Trinajstić information content (AvgIpc) is 2.34. The van der Waals surface area contributed by atoms with E-state index in [4.69, 9.17) is 10.8 Å². The molecule has 0 bridgehead atoms. The van der Waals surface area contributed by atoms with Crippen LogP contribution in [0, 0.1) is 0 Å². The summed E-state index contributed by atoms with van der Waals surface area (Å²) in [6.45, 7) is 5.87.